The molecule has 33 heavy (non-hydrogen) atoms. The Morgan fingerprint density at radius 1 is 1.00 bits per heavy atom. The normalized spacial score (nSPS) is 27.9. The lowest BCUT2D eigenvalue weighted by Crippen LogP contribution is -2.56. The number of fused-ring (bicyclic) bond motifs is 2. The fraction of sp³-hybridized carbons (Fsp3) is 0.731. The van der Waals surface area contributed by atoms with Crippen molar-refractivity contribution in [1.82, 2.24) is 9.80 Å². The number of piperidine rings is 1. The van der Waals surface area contributed by atoms with Crippen molar-refractivity contribution in [2.24, 2.45) is 16.7 Å². The lowest BCUT2D eigenvalue weighted by Gasteiger charge is -2.49. The van der Waals surface area contributed by atoms with E-state index in [0.717, 1.165) is 84.0 Å². The van der Waals surface area contributed by atoms with E-state index < -0.39 is 11.7 Å². The molecule has 1 aromatic carbocycles. The van der Waals surface area contributed by atoms with Crippen molar-refractivity contribution in [1.29, 1.82) is 0 Å². The van der Waals surface area contributed by atoms with Gasteiger partial charge in [0.2, 0.25) is 5.91 Å². The van der Waals surface area contributed by atoms with Gasteiger partial charge in [-0.2, -0.15) is 13.2 Å². The zero-order chi connectivity index (χ0) is 23.9. The molecule has 3 fully saturated rings. The Morgan fingerprint density at radius 2 is 1.70 bits per heavy atom. The third kappa shape index (κ3) is 4.75. The van der Waals surface area contributed by atoms with Gasteiger partial charge in [-0.25, -0.2) is 0 Å². The maximum absolute atomic E-state index is 13.1. The van der Waals surface area contributed by atoms with E-state index in [2.05, 4.69) is 30.6 Å². The molecule has 7 heteroatoms. The number of hydrogen-bond acceptors (Lipinski definition) is 3. The van der Waals surface area contributed by atoms with E-state index in [1.54, 1.807) is 6.07 Å². The number of anilines is 1. The maximum Gasteiger partial charge on any atom is 0.416 e. The molecule has 1 saturated carbocycles. The number of carbonyl (C=O) groups is 1. The second-order valence-electron chi connectivity index (χ2n) is 11.0. The highest BCUT2D eigenvalue weighted by atomic mass is 19.4. The van der Waals surface area contributed by atoms with E-state index in [4.69, 9.17) is 0 Å². The van der Waals surface area contributed by atoms with E-state index in [1.165, 1.54) is 12.1 Å². The molecule has 0 radical (unpaired) electrons. The minimum atomic E-state index is -4.30. The summed E-state index contributed by atoms with van der Waals surface area (Å²) in [7, 11) is 0. The molecule has 4 rings (SSSR count). The average molecular weight is 466 g/mol. The summed E-state index contributed by atoms with van der Waals surface area (Å²) in [4.78, 5) is 19.7. The molecule has 2 bridgehead atoms. The summed E-state index contributed by atoms with van der Waals surface area (Å²) >= 11 is 0. The highest BCUT2D eigenvalue weighted by Crippen LogP contribution is 2.59. The number of piperazine rings is 1. The Kier molecular flexibility index (Phi) is 6.74. The van der Waals surface area contributed by atoms with Crippen LogP contribution in [0, 0.1) is 16.7 Å². The Labute approximate surface area is 196 Å². The first-order valence-corrected chi connectivity index (χ1v) is 12.5. The molecule has 2 aliphatic heterocycles. The topological polar surface area (TPSA) is 26.8 Å². The fourth-order valence-corrected chi connectivity index (χ4v) is 6.11. The van der Waals surface area contributed by atoms with Crippen LogP contribution in [0.4, 0.5) is 18.9 Å². The highest BCUT2D eigenvalue weighted by molar-refractivity contribution is 5.85. The Morgan fingerprint density at radius 3 is 2.39 bits per heavy atom. The molecule has 0 aromatic heterocycles. The number of benzene rings is 1. The molecule has 2 atom stereocenters. The molecule has 1 unspecified atom stereocenters. The van der Waals surface area contributed by atoms with Gasteiger partial charge in [0.25, 0.3) is 0 Å². The van der Waals surface area contributed by atoms with Crippen LogP contribution in [-0.4, -0.2) is 61.5 Å². The van der Waals surface area contributed by atoms with Gasteiger partial charge in [0.05, 0.1) is 11.0 Å². The second-order valence-corrected chi connectivity index (χ2v) is 11.0. The first-order valence-electron chi connectivity index (χ1n) is 12.5. The van der Waals surface area contributed by atoms with Crippen LogP contribution in [0.15, 0.2) is 24.3 Å². The minimum Gasteiger partial charge on any atom is -0.369 e. The number of likely N-dealkylation sites (tertiary alicyclic amines) is 1. The average Bonchev–Trinajstić information content (AvgIpc) is 2.91. The van der Waals surface area contributed by atoms with Crippen molar-refractivity contribution in [3.63, 3.8) is 0 Å². The molecule has 0 N–H and O–H groups in total. The van der Waals surface area contributed by atoms with Crippen LogP contribution in [0.2, 0.25) is 0 Å². The summed E-state index contributed by atoms with van der Waals surface area (Å²) in [5.74, 6) is 0.972. The largest absolute Gasteiger partial charge is 0.416 e. The Hall–Kier alpha value is -1.76. The zero-order valence-electron chi connectivity index (χ0n) is 20.3. The van der Waals surface area contributed by atoms with E-state index >= 15 is 0 Å². The molecule has 2 heterocycles. The summed E-state index contributed by atoms with van der Waals surface area (Å²) in [5, 5.41) is 0. The van der Waals surface area contributed by atoms with Crippen molar-refractivity contribution in [2.75, 3.05) is 50.7 Å². The summed E-state index contributed by atoms with van der Waals surface area (Å²) in [6.07, 6.45) is 1.12. The zero-order valence-corrected chi connectivity index (χ0v) is 20.3. The van der Waals surface area contributed by atoms with Crippen LogP contribution in [0.3, 0.4) is 0 Å². The van der Waals surface area contributed by atoms with Crippen molar-refractivity contribution >= 4 is 11.6 Å². The molecule has 4 nitrogen and oxygen atoms in total. The van der Waals surface area contributed by atoms with Gasteiger partial charge in [-0.3, -0.25) is 9.69 Å². The summed E-state index contributed by atoms with van der Waals surface area (Å²) in [5.41, 5.74) is -0.0203. The molecule has 3 aliphatic rings. The minimum absolute atomic E-state index is 0.108. The van der Waals surface area contributed by atoms with E-state index in [9.17, 15) is 18.0 Å². The standard InChI is InChI=1S/C26H38F3N3O/c1-24(2)21-10-11-25(24,3)23(33)32(19-21)13-6-4-5-12-30-14-16-31(17-15-30)22-9-7-8-20(18-22)26(27,28)29/h7-9,18,21H,4-6,10-17,19H2,1-3H3/t21?,25-/m0/s1. The molecular weight excluding hydrogens is 427 g/mol. The fourth-order valence-electron chi connectivity index (χ4n) is 6.11. The van der Waals surface area contributed by atoms with Gasteiger partial charge in [0.1, 0.15) is 0 Å². The van der Waals surface area contributed by atoms with Crippen LogP contribution >= 0.6 is 0 Å². The third-order valence-electron chi connectivity index (χ3n) is 8.95. The number of unbranched alkanes of at least 4 members (excludes halogenated alkanes) is 2. The monoisotopic (exact) mass is 465 g/mol. The van der Waals surface area contributed by atoms with Gasteiger partial charge in [0, 0.05) is 45.0 Å². The molecule has 184 valence electrons. The number of hydrogen-bond donors (Lipinski definition) is 0. The highest BCUT2D eigenvalue weighted by Gasteiger charge is 2.60. The van der Waals surface area contributed by atoms with Gasteiger partial charge in [-0.1, -0.05) is 33.3 Å². The number of halogens is 3. The third-order valence-corrected chi connectivity index (χ3v) is 8.95. The summed E-state index contributed by atoms with van der Waals surface area (Å²) in [6.45, 7) is 12.7. The second kappa shape index (κ2) is 9.12. The van der Waals surface area contributed by atoms with E-state index in [0.29, 0.717) is 17.5 Å². The smallest absolute Gasteiger partial charge is 0.369 e. The maximum atomic E-state index is 13.1. The number of carbonyl (C=O) groups excluding carboxylic acids is 1. The first kappa shape index (κ1) is 24.4. The van der Waals surface area contributed by atoms with Gasteiger partial charge in [-0.15, -0.1) is 0 Å². The molecule has 1 aliphatic carbocycles. The summed E-state index contributed by atoms with van der Waals surface area (Å²) < 4.78 is 39.0. The lowest BCUT2D eigenvalue weighted by atomic mass is 9.62. The van der Waals surface area contributed by atoms with Crippen molar-refractivity contribution in [3.05, 3.63) is 29.8 Å². The van der Waals surface area contributed by atoms with Crippen LogP contribution in [0.1, 0.15) is 58.4 Å². The predicted molar refractivity (Wildman–Crippen MR) is 125 cm³/mol. The lowest BCUT2D eigenvalue weighted by molar-refractivity contribution is -0.155. The number of alkyl halides is 3. The summed E-state index contributed by atoms with van der Waals surface area (Å²) in [6, 6.07) is 5.64. The Balaban J connectivity index is 1.16. The molecule has 2 saturated heterocycles. The van der Waals surface area contributed by atoms with Gasteiger partial charge >= 0.3 is 6.18 Å². The van der Waals surface area contributed by atoms with Crippen LogP contribution in [0.5, 0.6) is 0 Å². The van der Waals surface area contributed by atoms with E-state index in [1.807, 2.05) is 4.90 Å². The Bertz CT molecular complexity index is 847. The first-order chi connectivity index (χ1) is 15.5. The van der Waals surface area contributed by atoms with Gasteiger partial charge in [-0.05, 0) is 61.8 Å². The molecule has 1 amide bonds. The van der Waals surface area contributed by atoms with Crippen LogP contribution in [0.25, 0.3) is 0 Å². The molecular formula is C26H38F3N3O. The van der Waals surface area contributed by atoms with Crippen molar-refractivity contribution in [3.8, 4) is 0 Å². The number of amides is 1. The SMILES string of the molecule is CC1(C)C2CC[C@@]1(C)C(=O)N(CCCCCN1CCN(c3cccc(C(F)(F)F)c3)CC1)C2. The van der Waals surface area contributed by atoms with Crippen LogP contribution < -0.4 is 4.90 Å². The van der Waals surface area contributed by atoms with Gasteiger partial charge in [0.15, 0.2) is 0 Å². The predicted octanol–water partition coefficient (Wildman–Crippen LogP) is 5.28. The quantitative estimate of drug-likeness (QED) is 0.513. The van der Waals surface area contributed by atoms with Crippen molar-refractivity contribution < 1.29 is 18.0 Å². The van der Waals surface area contributed by atoms with Gasteiger partial charge < -0.3 is 9.80 Å². The van der Waals surface area contributed by atoms with E-state index in [-0.39, 0.29) is 10.8 Å². The number of nitrogens with zero attached hydrogens (tertiary/aromatic N) is 3. The van der Waals surface area contributed by atoms with Crippen LogP contribution in [-0.2, 0) is 11.0 Å². The molecule has 0 spiro atoms. The molecule has 1 aromatic rings. The van der Waals surface area contributed by atoms with Crippen molar-refractivity contribution in [2.45, 2.75) is 59.1 Å². The number of rotatable bonds is 7.